The summed E-state index contributed by atoms with van der Waals surface area (Å²) in [6.07, 6.45) is 7.26. The minimum atomic E-state index is 0.0249. The lowest BCUT2D eigenvalue weighted by molar-refractivity contribution is 0.0938. The topological polar surface area (TPSA) is 32.3 Å². The third-order valence-corrected chi connectivity index (χ3v) is 5.41. The van der Waals surface area contributed by atoms with Crippen LogP contribution in [-0.4, -0.2) is 29.9 Å². The van der Waals surface area contributed by atoms with Gasteiger partial charge in [0.05, 0.1) is 0 Å². The van der Waals surface area contributed by atoms with Gasteiger partial charge in [0, 0.05) is 18.2 Å². The summed E-state index contributed by atoms with van der Waals surface area (Å²) in [7, 11) is 0. The number of hydrogen-bond donors (Lipinski definition) is 1. The molecule has 1 N–H and O–H groups in total. The number of hydrogen-bond acceptors (Lipinski definition) is 2. The lowest BCUT2D eigenvalue weighted by Crippen LogP contribution is -2.32. The molecule has 1 atom stereocenters. The lowest BCUT2D eigenvalue weighted by atomic mass is 10.1. The Bertz CT molecular complexity index is 688. The monoisotopic (exact) mass is 364 g/mol. The number of rotatable bonds is 7. The third-order valence-electron chi connectivity index (χ3n) is 5.41. The summed E-state index contributed by atoms with van der Waals surface area (Å²) in [5.41, 5.74) is 3.36. The summed E-state index contributed by atoms with van der Waals surface area (Å²) >= 11 is 0. The van der Waals surface area contributed by atoms with Crippen molar-refractivity contribution >= 4 is 5.91 Å². The van der Waals surface area contributed by atoms with Gasteiger partial charge in [-0.25, -0.2) is 0 Å². The lowest BCUT2D eigenvalue weighted by Gasteiger charge is -2.20. The number of nitrogens with one attached hydrogen (secondary N) is 1. The van der Waals surface area contributed by atoms with E-state index >= 15 is 0 Å². The highest BCUT2D eigenvalue weighted by molar-refractivity contribution is 5.94. The first kappa shape index (κ1) is 19.6. The van der Waals surface area contributed by atoms with Crippen LogP contribution in [0, 0.1) is 0 Å². The minimum Gasteiger partial charge on any atom is -0.350 e. The number of benzene rings is 2. The summed E-state index contributed by atoms with van der Waals surface area (Å²) in [5.74, 6) is 0.0249. The van der Waals surface area contributed by atoms with Crippen LogP contribution in [-0.2, 0) is 13.0 Å². The van der Waals surface area contributed by atoms with Gasteiger partial charge in [-0.3, -0.25) is 9.69 Å². The average Bonchev–Trinajstić information content (AvgIpc) is 2.96. The van der Waals surface area contributed by atoms with Crippen LogP contribution in [0.25, 0.3) is 0 Å². The zero-order valence-corrected chi connectivity index (χ0v) is 16.5. The summed E-state index contributed by atoms with van der Waals surface area (Å²) in [6, 6.07) is 18.7. The van der Waals surface area contributed by atoms with Gasteiger partial charge in [-0.2, -0.15) is 0 Å². The van der Waals surface area contributed by atoms with Crippen molar-refractivity contribution in [3.8, 4) is 0 Å². The Morgan fingerprint density at radius 1 is 0.926 bits per heavy atom. The molecule has 0 aliphatic carbocycles. The van der Waals surface area contributed by atoms with E-state index in [2.05, 4.69) is 53.5 Å². The first-order chi connectivity index (χ1) is 13.2. The van der Waals surface area contributed by atoms with E-state index in [1.807, 2.05) is 18.2 Å². The maximum Gasteiger partial charge on any atom is 0.251 e. The molecule has 1 aliphatic rings. The van der Waals surface area contributed by atoms with Crippen molar-refractivity contribution in [2.75, 3.05) is 13.1 Å². The van der Waals surface area contributed by atoms with Crippen LogP contribution in [0.1, 0.15) is 60.5 Å². The van der Waals surface area contributed by atoms with Crippen molar-refractivity contribution in [1.82, 2.24) is 10.2 Å². The van der Waals surface area contributed by atoms with Gasteiger partial charge >= 0.3 is 0 Å². The van der Waals surface area contributed by atoms with Crippen molar-refractivity contribution < 1.29 is 4.79 Å². The molecular weight excluding hydrogens is 332 g/mol. The summed E-state index contributed by atoms with van der Waals surface area (Å²) in [5, 5.41) is 3.13. The second kappa shape index (κ2) is 10.3. The minimum absolute atomic E-state index is 0.0249. The zero-order valence-electron chi connectivity index (χ0n) is 16.5. The zero-order chi connectivity index (χ0) is 18.9. The van der Waals surface area contributed by atoms with Crippen molar-refractivity contribution in [3.63, 3.8) is 0 Å². The normalized spacial score (nSPS) is 16.5. The Labute approximate surface area is 163 Å². The van der Waals surface area contributed by atoms with Gasteiger partial charge in [0.2, 0.25) is 0 Å². The van der Waals surface area contributed by atoms with E-state index in [1.54, 1.807) is 0 Å². The predicted molar refractivity (Wildman–Crippen MR) is 112 cm³/mol. The molecule has 0 aromatic heterocycles. The molecule has 3 rings (SSSR count). The average molecular weight is 365 g/mol. The van der Waals surface area contributed by atoms with E-state index in [-0.39, 0.29) is 11.9 Å². The summed E-state index contributed by atoms with van der Waals surface area (Å²) in [6.45, 7) is 5.46. The Balaban J connectivity index is 1.46. The van der Waals surface area contributed by atoms with Gasteiger partial charge in [0.25, 0.3) is 5.91 Å². The Morgan fingerprint density at radius 2 is 1.59 bits per heavy atom. The van der Waals surface area contributed by atoms with Crippen molar-refractivity contribution in [3.05, 3.63) is 71.3 Å². The summed E-state index contributed by atoms with van der Waals surface area (Å²) in [4.78, 5) is 15.0. The van der Waals surface area contributed by atoms with E-state index in [9.17, 15) is 4.79 Å². The molecule has 0 radical (unpaired) electrons. The molecule has 0 spiro atoms. The molecule has 2 aromatic rings. The number of aryl methyl sites for hydroxylation is 1. The maximum absolute atomic E-state index is 12.5. The van der Waals surface area contributed by atoms with Gasteiger partial charge in [0.1, 0.15) is 0 Å². The van der Waals surface area contributed by atoms with Crippen LogP contribution in [0.5, 0.6) is 0 Å². The van der Waals surface area contributed by atoms with Crippen LogP contribution in [0.15, 0.2) is 54.6 Å². The number of carbonyl (C=O) groups excluding carboxylic acids is 1. The molecule has 3 heteroatoms. The van der Waals surface area contributed by atoms with Gasteiger partial charge in [-0.05, 0) is 69.0 Å². The van der Waals surface area contributed by atoms with Crippen LogP contribution >= 0.6 is 0 Å². The summed E-state index contributed by atoms with van der Waals surface area (Å²) < 4.78 is 0. The van der Waals surface area contributed by atoms with Crippen LogP contribution in [0.3, 0.4) is 0 Å². The Morgan fingerprint density at radius 3 is 2.26 bits per heavy atom. The van der Waals surface area contributed by atoms with Crippen molar-refractivity contribution in [1.29, 1.82) is 0 Å². The highest BCUT2D eigenvalue weighted by atomic mass is 16.1. The molecule has 1 fully saturated rings. The molecular formula is C24H32N2O. The van der Waals surface area contributed by atoms with Crippen molar-refractivity contribution in [2.24, 2.45) is 0 Å². The van der Waals surface area contributed by atoms with Gasteiger partial charge in [0.15, 0.2) is 0 Å². The fourth-order valence-electron chi connectivity index (χ4n) is 3.72. The highest BCUT2D eigenvalue weighted by Crippen LogP contribution is 2.14. The van der Waals surface area contributed by atoms with Gasteiger partial charge in [-0.15, -0.1) is 0 Å². The SMILES string of the molecule is CC(CCc1ccccc1)NC(=O)c1ccc(CN2CCCCCC2)cc1. The molecule has 144 valence electrons. The molecule has 3 nitrogen and oxygen atoms in total. The predicted octanol–water partition coefficient (Wildman–Crippen LogP) is 4.81. The molecule has 1 heterocycles. The molecule has 1 saturated heterocycles. The smallest absolute Gasteiger partial charge is 0.251 e. The van der Waals surface area contributed by atoms with E-state index in [1.165, 1.54) is 49.9 Å². The maximum atomic E-state index is 12.5. The molecule has 1 aliphatic heterocycles. The van der Waals surface area contributed by atoms with E-state index in [0.717, 1.165) is 24.9 Å². The molecule has 2 aromatic carbocycles. The van der Waals surface area contributed by atoms with Gasteiger partial charge in [-0.1, -0.05) is 55.3 Å². The first-order valence-electron chi connectivity index (χ1n) is 10.4. The number of amides is 1. The van der Waals surface area contributed by atoms with Crippen LogP contribution in [0.2, 0.25) is 0 Å². The largest absolute Gasteiger partial charge is 0.350 e. The molecule has 0 saturated carbocycles. The number of carbonyl (C=O) groups is 1. The second-order valence-electron chi connectivity index (χ2n) is 7.79. The standard InChI is InChI=1S/C24H32N2O/c1-20(11-12-21-9-5-4-6-10-21)25-24(27)23-15-13-22(14-16-23)19-26-17-7-2-3-8-18-26/h4-6,9-10,13-16,20H,2-3,7-8,11-12,17-19H2,1H3,(H,25,27). The van der Waals surface area contributed by atoms with Crippen LogP contribution < -0.4 is 5.32 Å². The molecule has 1 unspecified atom stereocenters. The highest BCUT2D eigenvalue weighted by Gasteiger charge is 2.12. The molecule has 27 heavy (non-hydrogen) atoms. The quantitative estimate of drug-likeness (QED) is 0.764. The molecule has 0 bridgehead atoms. The third kappa shape index (κ3) is 6.51. The van der Waals surface area contributed by atoms with Gasteiger partial charge < -0.3 is 5.32 Å². The van der Waals surface area contributed by atoms with E-state index in [4.69, 9.17) is 0 Å². The van der Waals surface area contributed by atoms with Crippen molar-refractivity contribution in [2.45, 2.75) is 58.0 Å². The molecule has 1 amide bonds. The first-order valence-corrected chi connectivity index (χ1v) is 10.4. The Hall–Kier alpha value is -2.13. The van der Waals surface area contributed by atoms with E-state index < -0.39 is 0 Å². The van der Waals surface area contributed by atoms with Crippen LogP contribution in [0.4, 0.5) is 0 Å². The fourth-order valence-corrected chi connectivity index (χ4v) is 3.72. The Kier molecular flexibility index (Phi) is 7.46. The fraction of sp³-hybridized carbons (Fsp3) is 0.458. The second-order valence-corrected chi connectivity index (χ2v) is 7.79. The van der Waals surface area contributed by atoms with E-state index in [0.29, 0.717) is 0 Å². The number of nitrogens with zero attached hydrogens (tertiary/aromatic N) is 1. The number of likely N-dealkylation sites (tertiary alicyclic amines) is 1.